The molecule has 0 saturated carbocycles. The number of amides is 2. The number of hydrogen-bond donors (Lipinski definition) is 5. The number of Topliss-reactive ketones (excluding diaryl/α,β-unsaturated/α-hetero) is 1. The van der Waals surface area contributed by atoms with Gasteiger partial charge in [-0.05, 0) is 45.1 Å². The fraction of sp³-hybridized carbons (Fsp3) is 0.548. The number of nitrogens with two attached hydrogens (primary N) is 1. The van der Waals surface area contributed by atoms with Gasteiger partial charge in [0.2, 0.25) is 11.6 Å². The second-order valence-electron chi connectivity index (χ2n) is 11.2. The van der Waals surface area contributed by atoms with E-state index in [1.54, 1.807) is 32.9 Å². The first-order valence-corrected chi connectivity index (χ1v) is 14.2. The predicted octanol–water partition coefficient (Wildman–Crippen LogP) is 1.73. The van der Waals surface area contributed by atoms with Crippen molar-refractivity contribution in [1.29, 1.82) is 0 Å². The Bertz CT molecular complexity index is 1210. The lowest BCUT2D eigenvalue weighted by Gasteiger charge is -2.30. The number of allylic oxidation sites excluding steroid dienone is 4. The molecule has 0 aromatic rings. The summed E-state index contributed by atoms with van der Waals surface area (Å²) < 4.78 is 16.5. The highest BCUT2D eigenvalue weighted by Gasteiger charge is 2.33. The van der Waals surface area contributed by atoms with E-state index in [2.05, 4.69) is 10.6 Å². The fourth-order valence-electron chi connectivity index (χ4n) is 5.03. The molecule has 1 aliphatic carbocycles. The number of primary amides is 1. The third-order valence-corrected chi connectivity index (χ3v) is 7.37. The van der Waals surface area contributed by atoms with E-state index in [-0.39, 0.29) is 41.4 Å². The Hall–Kier alpha value is -3.58. The summed E-state index contributed by atoms with van der Waals surface area (Å²) >= 11 is 0. The van der Waals surface area contributed by atoms with Gasteiger partial charge in [0.25, 0.3) is 5.91 Å². The van der Waals surface area contributed by atoms with Gasteiger partial charge in [0.05, 0.1) is 29.7 Å². The average Bonchev–Trinajstić information content (AvgIpc) is 2.93. The van der Waals surface area contributed by atoms with Crippen LogP contribution >= 0.6 is 0 Å². The molecule has 0 spiro atoms. The van der Waals surface area contributed by atoms with Crippen LogP contribution in [0.25, 0.3) is 0 Å². The van der Waals surface area contributed by atoms with Crippen molar-refractivity contribution in [3.63, 3.8) is 0 Å². The SMILES string of the molecule is CO[C@H]1/C=C\C=C(/C)C(=O)NC2=CC(=O)C(NC[C@H](C)O)=C(C[C@@H](C)C[C@H](OC)[C@H](O)[C@@H](C)/C=C(\C)[C@@H]1OC(N)=O)C2=O. The van der Waals surface area contributed by atoms with Crippen molar-refractivity contribution in [3.05, 3.63) is 58.5 Å². The lowest BCUT2D eigenvalue weighted by Crippen LogP contribution is -2.38. The molecule has 2 bridgehead atoms. The van der Waals surface area contributed by atoms with Gasteiger partial charge in [-0.3, -0.25) is 14.4 Å². The van der Waals surface area contributed by atoms with E-state index < -0.39 is 60.0 Å². The first-order chi connectivity index (χ1) is 20.2. The molecule has 0 aromatic carbocycles. The molecule has 0 unspecified atom stereocenters. The summed E-state index contributed by atoms with van der Waals surface area (Å²) in [7, 11) is 2.90. The minimum atomic E-state index is -1.01. The molecule has 2 aliphatic rings. The largest absolute Gasteiger partial charge is 0.439 e. The standard InChI is InChI=1S/C31H45N3O9/c1-16-11-21-26(33-15-20(5)35)23(36)14-22(28(21)38)34-30(39)17(2)9-8-10-24(41-6)29(43-31(32)40)19(4)13-18(3)27(37)25(12-16)42-7/h8-10,13-14,16,18,20,24-25,27,29,33,35,37H,11-12,15H2,1-7H3,(H2,32,40)(H,34,39)/b10-8-,17-9+,19-13+/t16-,18+,20+,24+,25+,27-,29+/m1/s1. The van der Waals surface area contributed by atoms with Crippen LogP contribution in [0.1, 0.15) is 47.5 Å². The van der Waals surface area contributed by atoms with Crippen molar-refractivity contribution in [2.45, 2.75) is 78.0 Å². The molecule has 43 heavy (non-hydrogen) atoms. The highest BCUT2D eigenvalue weighted by Crippen LogP contribution is 2.28. The average molecular weight is 604 g/mol. The van der Waals surface area contributed by atoms with Crippen molar-refractivity contribution < 1.29 is 43.6 Å². The molecule has 2 rings (SSSR count). The van der Waals surface area contributed by atoms with Crippen LogP contribution in [-0.4, -0.2) is 85.1 Å². The monoisotopic (exact) mass is 603 g/mol. The minimum Gasteiger partial charge on any atom is -0.439 e. The van der Waals surface area contributed by atoms with Gasteiger partial charge in [-0.2, -0.15) is 0 Å². The van der Waals surface area contributed by atoms with Crippen molar-refractivity contribution in [2.75, 3.05) is 20.8 Å². The second kappa shape index (κ2) is 16.3. The summed E-state index contributed by atoms with van der Waals surface area (Å²) in [5, 5.41) is 26.4. The highest BCUT2D eigenvalue weighted by atomic mass is 16.6. The lowest BCUT2D eigenvalue weighted by atomic mass is 9.85. The maximum Gasteiger partial charge on any atom is 0.405 e. The molecule has 1 aliphatic heterocycles. The summed E-state index contributed by atoms with van der Waals surface area (Å²) in [6, 6.07) is 0. The number of fused-ring (bicyclic) bond motifs is 2. The number of aliphatic hydroxyl groups excluding tert-OH is 2. The van der Waals surface area contributed by atoms with Gasteiger partial charge in [-0.15, -0.1) is 0 Å². The Labute approximate surface area is 252 Å². The van der Waals surface area contributed by atoms with Crippen LogP contribution in [0.3, 0.4) is 0 Å². The quantitative estimate of drug-likeness (QED) is 0.221. The maximum atomic E-state index is 13.6. The molecule has 7 atom stereocenters. The number of ketones is 2. The summed E-state index contributed by atoms with van der Waals surface area (Å²) in [6.07, 6.45) is 2.72. The number of aliphatic hydroxyl groups is 2. The van der Waals surface area contributed by atoms with E-state index in [0.29, 0.717) is 12.0 Å². The third kappa shape index (κ3) is 9.99. The number of ether oxygens (including phenoxy) is 3. The molecule has 0 saturated heterocycles. The zero-order valence-corrected chi connectivity index (χ0v) is 25.9. The van der Waals surface area contributed by atoms with E-state index in [1.165, 1.54) is 33.3 Å². The van der Waals surface area contributed by atoms with Crippen LogP contribution in [0.4, 0.5) is 4.79 Å². The van der Waals surface area contributed by atoms with E-state index in [1.807, 2.05) is 6.92 Å². The number of methoxy groups -OCH3 is 2. The molecule has 1 heterocycles. The van der Waals surface area contributed by atoms with E-state index in [4.69, 9.17) is 19.9 Å². The summed E-state index contributed by atoms with van der Waals surface area (Å²) in [4.78, 5) is 51.4. The number of carbonyl (C=O) groups is 4. The van der Waals surface area contributed by atoms with Crippen LogP contribution in [0.5, 0.6) is 0 Å². The minimum absolute atomic E-state index is 0.0431. The van der Waals surface area contributed by atoms with Gasteiger partial charge in [0, 0.05) is 43.9 Å². The summed E-state index contributed by atoms with van der Waals surface area (Å²) in [5.74, 6) is -2.35. The van der Waals surface area contributed by atoms with Crippen LogP contribution in [0, 0.1) is 11.8 Å². The Morgan fingerprint density at radius 2 is 1.86 bits per heavy atom. The van der Waals surface area contributed by atoms with Crippen molar-refractivity contribution in [1.82, 2.24) is 10.6 Å². The number of carbonyl (C=O) groups excluding carboxylic acids is 4. The first-order valence-electron chi connectivity index (χ1n) is 14.2. The van der Waals surface area contributed by atoms with Crippen molar-refractivity contribution in [2.24, 2.45) is 17.6 Å². The van der Waals surface area contributed by atoms with E-state index >= 15 is 0 Å². The zero-order valence-electron chi connectivity index (χ0n) is 25.9. The maximum absolute atomic E-state index is 13.6. The number of nitrogens with one attached hydrogen (secondary N) is 2. The Morgan fingerprint density at radius 3 is 2.44 bits per heavy atom. The molecule has 238 valence electrons. The highest BCUT2D eigenvalue weighted by molar-refractivity contribution is 6.23. The molecule has 0 aromatic heterocycles. The predicted molar refractivity (Wildman–Crippen MR) is 159 cm³/mol. The van der Waals surface area contributed by atoms with Crippen molar-refractivity contribution >= 4 is 23.6 Å². The van der Waals surface area contributed by atoms with Gasteiger partial charge in [-0.1, -0.05) is 38.2 Å². The molecule has 6 N–H and O–H groups in total. The smallest absolute Gasteiger partial charge is 0.405 e. The zero-order chi connectivity index (χ0) is 32.4. The Kier molecular flexibility index (Phi) is 13.5. The molecular formula is C31H45N3O9. The number of hydrogen-bond acceptors (Lipinski definition) is 10. The van der Waals surface area contributed by atoms with Gasteiger partial charge >= 0.3 is 6.09 Å². The van der Waals surface area contributed by atoms with Gasteiger partial charge in [0.1, 0.15) is 6.10 Å². The van der Waals surface area contributed by atoms with E-state index in [0.717, 1.165) is 6.08 Å². The molecule has 0 fully saturated rings. The Morgan fingerprint density at radius 1 is 1.19 bits per heavy atom. The molecule has 12 heteroatoms. The van der Waals surface area contributed by atoms with Crippen LogP contribution in [0.2, 0.25) is 0 Å². The summed E-state index contributed by atoms with van der Waals surface area (Å²) in [5.41, 5.74) is 6.19. The lowest BCUT2D eigenvalue weighted by molar-refractivity contribution is -0.120. The van der Waals surface area contributed by atoms with Gasteiger partial charge in [0.15, 0.2) is 6.10 Å². The fourth-order valence-corrected chi connectivity index (χ4v) is 5.03. The van der Waals surface area contributed by atoms with E-state index in [9.17, 15) is 29.4 Å². The molecule has 2 amide bonds. The topological polar surface area (TPSA) is 187 Å². The second-order valence-corrected chi connectivity index (χ2v) is 11.2. The third-order valence-electron chi connectivity index (χ3n) is 7.37. The van der Waals surface area contributed by atoms with Crippen LogP contribution in [0.15, 0.2) is 58.5 Å². The first kappa shape index (κ1) is 35.6. The van der Waals surface area contributed by atoms with Gasteiger partial charge in [-0.25, -0.2) is 4.79 Å². The van der Waals surface area contributed by atoms with Gasteiger partial charge < -0.3 is 40.8 Å². The summed E-state index contributed by atoms with van der Waals surface area (Å²) in [6.45, 7) is 8.50. The molecule has 0 radical (unpaired) electrons. The van der Waals surface area contributed by atoms with Crippen molar-refractivity contribution in [3.8, 4) is 0 Å². The molecule has 12 nitrogen and oxygen atoms in total. The van der Waals surface area contributed by atoms with Crippen LogP contribution in [-0.2, 0) is 28.6 Å². The van der Waals surface area contributed by atoms with Crippen LogP contribution < -0.4 is 16.4 Å². The molecular weight excluding hydrogens is 558 g/mol. The normalized spacial score (nSPS) is 32.0. The Balaban J connectivity index is 2.62. The number of rotatable bonds is 6.